The third-order valence-electron chi connectivity index (χ3n) is 2.89. The molecule has 0 N–H and O–H groups in total. The zero-order valence-corrected chi connectivity index (χ0v) is 13.6. The lowest BCUT2D eigenvalue weighted by Gasteiger charge is -2.19. The van der Waals surface area contributed by atoms with Crippen molar-refractivity contribution >= 4 is 0 Å². The van der Waals surface area contributed by atoms with Gasteiger partial charge in [-0.15, -0.1) is 0 Å². The molecule has 0 aromatic carbocycles. The Labute approximate surface area is 121 Å². The summed E-state index contributed by atoms with van der Waals surface area (Å²) in [5, 5.41) is 0. The first-order chi connectivity index (χ1) is 9.06. The summed E-state index contributed by atoms with van der Waals surface area (Å²) < 4.78 is 5.70. The molecule has 112 valence electrons. The van der Waals surface area contributed by atoms with Gasteiger partial charge in [-0.1, -0.05) is 56.9 Å². The molecule has 19 heavy (non-hydrogen) atoms. The van der Waals surface area contributed by atoms with Gasteiger partial charge in [-0.25, -0.2) is 0 Å². The number of ether oxygens (including phenoxy) is 1. The summed E-state index contributed by atoms with van der Waals surface area (Å²) in [5.74, 6) is 0. The molecule has 1 heteroatoms. The van der Waals surface area contributed by atoms with Gasteiger partial charge < -0.3 is 4.74 Å². The fraction of sp³-hybridized carbons (Fsp3) is 0.778. The molecule has 0 aliphatic carbocycles. The molecule has 0 aromatic heterocycles. The van der Waals surface area contributed by atoms with Gasteiger partial charge in [0.15, 0.2) is 0 Å². The number of hydrogen-bond acceptors (Lipinski definition) is 1. The number of allylic oxidation sites excluding steroid dienone is 4. The van der Waals surface area contributed by atoms with E-state index in [0.29, 0.717) is 0 Å². The molecule has 0 atom stereocenters. The second-order valence-corrected chi connectivity index (χ2v) is 6.16. The first-order valence-corrected chi connectivity index (χ1v) is 8.02. The smallest absolute Gasteiger partial charge is 0.0598 e. The van der Waals surface area contributed by atoms with Gasteiger partial charge in [0.1, 0.15) is 0 Å². The first kappa shape index (κ1) is 18.4. The minimum Gasteiger partial charge on any atom is -0.376 e. The summed E-state index contributed by atoms with van der Waals surface area (Å²) in [6.07, 6.45) is 19.0. The topological polar surface area (TPSA) is 9.23 Å². The van der Waals surface area contributed by atoms with Crippen LogP contribution in [0, 0.1) is 0 Å². The molecule has 0 aromatic rings. The van der Waals surface area contributed by atoms with Gasteiger partial charge in [-0.05, 0) is 46.5 Å². The average molecular weight is 266 g/mol. The van der Waals surface area contributed by atoms with Gasteiger partial charge in [0.25, 0.3) is 0 Å². The molecule has 0 spiro atoms. The van der Waals surface area contributed by atoms with Crippen LogP contribution in [-0.2, 0) is 4.74 Å². The van der Waals surface area contributed by atoms with Gasteiger partial charge >= 0.3 is 0 Å². The summed E-state index contributed by atoms with van der Waals surface area (Å²) in [6.45, 7) is 9.48. The highest BCUT2D eigenvalue weighted by atomic mass is 16.5. The van der Waals surface area contributed by atoms with E-state index in [0.717, 1.165) is 6.61 Å². The van der Waals surface area contributed by atoms with Crippen molar-refractivity contribution in [3.63, 3.8) is 0 Å². The lowest BCUT2D eigenvalue weighted by Crippen LogP contribution is -2.19. The van der Waals surface area contributed by atoms with E-state index >= 15 is 0 Å². The van der Waals surface area contributed by atoms with Crippen LogP contribution in [0.4, 0.5) is 0 Å². The van der Waals surface area contributed by atoms with Crippen LogP contribution in [0.5, 0.6) is 0 Å². The first-order valence-electron chi connectivity index (χ1n) is 8.02. The molecule has 0 aliphatic heterocycles. The molecule has 0 bridgehead atoms. The van der Waals surface area contributed by atoms with Gasteiger partial charge in [0.05, 0.1) is 5.60 Å². The Balaban J connectivity index is 3.19. The lowest BCUT2D eigenvalue weighted by molar-refractivity contribution is -0.00474. The van der Waals surface area contributed by atoms with Crippen molar-refractivity contribution in [1.29, 1.82) is 0 Å². The lowest BCUT2D eigenvalue weighted by atomic mass is 10.1. The zero-order chi connectivity index (χ0) is 14.4. The van der Waals surface area contributed by atoms with Crippen LogP contribution < -0.4 is 0 Å². The van der Waals surface area contributed by atoms with Crippen LogP contribution in [0.15, 0.2) is 24.3 Å². The minimum atomic E-state index is 0.0239. The molecular formula is C18H34O. The van der Waals surface area contributed by atoms with Crippen LogP contribution in [0.2, 0.25) is 0 Å². The average Bonchev–Trinajstić information content (AvgIpc) is 2.34. The Hall–Kier alpha value is -0.560. The van der Waals surface area contributed by atoms with E-state index in [1.54, 1.807) is 0 Å². The minimum absolute atomic E-state index is 0.0239. The Morgan fingerprint density at radius 3 is 2.00 bits per heavy atom. The van der Waals surface area contributed by atoms with Gasteiger partial charge in [-0.2, -0.15) is 0 Å². The molecular weight excluding hydrogens is 232 g/mol. The Morgan fingerprint density at radius 2 is 1.37 bits per heavy atom. The van der Waals surface area contributed by atoms with Crippen LogP contribution in [0.25, 0.3) is 0 Å². The Bertz CT molecular complexity index is 233. The Morgan fingerprint density at radius 1 is 0.789 bits per heavy atom. The third kappa shape index (κ3) is 17.4. The van der Waals surface area contributed by atoms with Crippen molar-refractivity contribution in [2.24, 2.45) is 0 Å². The van der Waals surface area contributed by atoms with E-state index in [1.807, 2.05) is 0 Å². The molecule has 0 amide bonds. The van der Waals surface area contributed by atoms with Crippen LogP contribution in [0.1, 0.15) is 79.1 Å². The molecule has 0 saturated heterocycles. The summed E-state index contributed by atoms with van der Waals surface area (Å²) in [6, 6.07) is 0. The SMILES string of the molecule is CCCC=CC=CCCCCCCCOC(C)(C)C. The van der Waals surface area contributed by atoms with Crippen molar-refractivity contribution in [3.05, 3.63) is 24.3 Å². The fourth-order valence-electron chi connectivity index (χ4n) is 1.79. The van der Waals surface area contributed by atoms with Crippen molar-refractivity contribution < 1.29 is 4.74 Å². The van der Waals surface area contributed by atoms with Crippen molar-refractivity contribution in [1.82, 2.24) is 0 Å². The maximum absolute atomic E-state index is 5.70. The van der Waals surface area contributed by atoms with E-state index in [-0.39, 0.29) is 5.60 Å². The van der Waals surface area contributed by atoms with Gasteiger partial charge in [0, 0.05) is 6.61 Å². The number of rotatable bonds is 11. The standard InChI is InChI=1S/C18H34O/c1-5-6-7-8-9-10-11-12-13-14-15-16-17-19-18(2,3)4/h7-10H,5-6,11-17H2,1-4H3. The summed E-state index contributed by atoms with van der Waals surface area (Å²) in [7, 11) is 0. The van der Waals surface area contributed by atoms with Crippen molar-refractivity contribution in [3.8, 4) is 0 Å². The molecule has 0 aliphatic rings. The largest absolute Gasteiger partial charge is 0.376 e. The highest BCUT2D eigenvalue weighted by molar-refractivity contribution is 5.02. The predicted molar refractivity (Wildman–Crippen MR) is 86.6 cm³/mol. The second kappa shape index (κ2) is 12.5. The highest BCUT2D eigenvalue weighted by Gasteiger charge is 2.08. The van der Waals surface area contributed by atoms with Crippen molar-refractivity contribution in [2.45, 2.75) is 84.7 Å². The molecule has 0 radical (unpaired) electrons. The molecule has 0 fully saturated rings. The quantitative estimate of drug-likeness (QED) is 0.326. The maximum Gasteiger partial charge on any atom is 0.0598 e. The zero-order valence-electron chi connectivity index (χ0n) is 13.6. The Kier molecular flexibility index (Phi) is 12.1. The van der Waals surface area contributed by atoms with Gasteiger partial charge in [-0.3, -0.25) is 0 Å². The normalized spacial score (nSPS) is 12.8. The van der Waals surface area contributed by atoms with Crippen LogP contribution in [0.3, 0.4) is 0 Å². The summed E-state index contributed by atoms with van der Waals surface area (Å²) in [4.78, 5) is 0. The monoisotopic (exact) mass is 266 g/mol. The highest BCUT2D eigenvalue weighted by Crippen LogP contribution is 2.10. The molecule has 0 rings (SSSR count). The van der Waals surface area contributed by atoms with E-state index in [1.165, 1.54) is 51.4 Å². The molecule has 0 heterocycles. The van der Waals surface area contributed by atoms with E-state index in [2.05, 4.69) is 52.0 Å². The second-order valence-electron chi connectivity index (χ2n) is 6.16. The van der Waals surface area contributed by atoms with E-state index in [9.17, 15) is 0 Å². The summed E-state index contributed by atoms with van der Waals surface area (Å²) >= 11 is 0. The number of unbranched alkanes of at least 4 members (excludes halogenated alkanes) is 6. The summed E-state index contributed by atoms with van der Waals surface area (Å²) in [5.41, 5.74) is 0.0239. The molecule has 0 saturated carbocycles. The third-order valence-corrected chi connectivity index (χ3v) is 2.89. The van der Waals surface area contributed by atoms with Crippen molar-refractivity contribution in [2.75, 3.05) is 6.61 Å². The number of hydrogen-bond donors (Lipinski definition) is 0. The van der Waals surface area contributed by atoms with E-state index < -0.39 is 0 Å². The van der Waals surface area contributed by atoms with Crippen LogP contribution >= 0.6 is 0 Å². The van der Waals surface area contributed by atoms with Gasteiger partial charge in [0.2, 0.25) is 0 Å². The van der Waals surface area contributed by atoms with Crippen LogP contribution in [-0.4, -0.2) is 12.2 Å². The maximum atomic E-state index is 5.70. The molecule has 0 unspecified atom stereocenters. The predicted octanol–water partition coefficient (Wildman–Crippen LogP) is 6.05. The van der Waals surface area contributed by atoms with E-state index in [4.69, 9.17) is 4.74 Å². The molecule has 1 nitrogen and oxygen atoms in total. The fourth-order valence-corrected chi connectivity index (χ4v) is 1.79.